The SMILES string of the molecule is NC1=CSSC1N.[Re]. The van der Waals surface area contributed by atoms with Gasteiger partial charge in [-0.05, 0) is 0 Å². The molecule has 5 heteroatoms. The Balaban J connectivity index is 0.000000490. The molecule has 0 saturated heterocycles. The molecule has 0 fully saturated rings. The summed E-state index contributed by atoms with van der Waals surface area (Å²) in [4.78, 5) is 0. The van der Waals surface area contributed by atoms with Crippen molar-refractivity contribution in [3.63, 3.8) is 0 Å². The number of rotatable bonds is 0. The molecule has 0 bridgehead atoms. The van der Waals surface area contributed by atoms with Gasteiger partial charge in [0.15, 0.2) is 0 Å². The summed E-state index contributed by atoms with van der Waals surface area (Å²) in [6.45, 7) is 0. The molecule has 0 aromatic rings. The third kappa shape index (κ3) is 2.00. The summed E-state index contributed by atoms with van der Waals surface area (Å²) in [6, 6.07) is 0. The van der Waals surface area contributed by atoms with Gasteiger partial charge in [0, 0.05) is 31.5 Å². The fourth-order valence-electron chi connectivity index (χ4n) is 0.266. The van der Waals surface area contributed by atoms with Crippen LogP contribution in [0.1, 0.15) is 0 Å². The van der Waals surface area contributed by atoms with Crippen molar-refractivity contribution >= 4 is 21.6 Å². The maximum Gasteiger partial charge on any atom is 0.102 e. The van der Waals surface area contributed by atoms with E-state index in [-0.39, 0.29) is 25.8 Å². The molecule has 1 rings (SSSR count). The van der Waals surface area contributed by atoms with Gasteiger partial charge in [0.05, 0.1) is 0 Å². The fourth-order valence-corrected chi connectivity index (χ4v) is 2.16. The van der Waals surface area contributed by atoms with E-state index in [0.29, 0.717) is 0 Å². The molecule has 0 saturated carbocycles. The maximum absolute atomic E-state index is 5.43. The van der Waals surface area contributed by atoms with Crippen LogP contribution in [-0.4, -0.2) is 5.37 Å². The maximum atomic E-state index is 5.43. The number of hydrogen-bond acceptors (Lipinski definition) is 4. The Hall–Kier alpha value is 0.862. The summed E-state index contributed by atoms with van der Waals surface area (Å²) in [7, 11) is 3.18. The van der Waals surface area contributed by atoms with Gasteiger partial charge >= 0.3 is 0 Å². The number of hydrogen-bond donors (Lipinski definition) is 2. The van der Waals surface area contributed by atoms with Crippen molar-refractivity contribution in [3.05, 3.63) is 11.1 Å². The van der Waals surface area contributed by atoms with Gasteiger partial charge in [-0.3, -0.25) is 0 Å². The van der Waals surface area contributed by atoms with E-state index in [1.54, 1.807) is 21.6 Å². The molecular formula is C3H6N2ReS2. The third-order valence-electron chi connectivity index (χ3n) is 0.672. The van der Waals surface area contributed by atoms with E-state index in [1.165, 1.54) is 0 Å². The molecule has 47 valence electrons. The Labute approximate surface area is 69.9 Å². The quantitative estimate of drug-likeness (QED) is 0.637. The first-order valence-corrected chi connectivity index (χ1v) is 4.11. The van der Waals surface area contributed by atoms with Gasteiger partial charge in [-0.2, -0.15) is 0 Å². The van der Waals surface area contributed by atoms with E-state index in [1.807, 2.05) is 5.41 Å². The second-order valence-corrected chi connectivity index (χ2v) is 3.51. The van der Waals surface area contributed by atoms with E-state index >= 15 is 0 Å². The third-order valence-corrected chi connectivity index (χ3v) is 2.87. The zero-order valence-corrected chi connectivity index (χ0v) is 8.35. The zero-order valence-electron chi connectivity index (χ0n) is 4.00. The van der Waals surface area contributed by atoms with Crippen LogP contribution in [0.25, 0.3) is 0 Å². The van der Waals surface area contributed by atoms with E-state index in [4.69, 9.17) is 11.5 Å². The van der Waals surface area contributed by atoms with Gasteiger partial charge in [-0.15, -0.1) is 0 Å². The molecule has 8 heavy (non-hydrogen) atoms. The Morgan fingerprint density at radius 2 is 2.25 bits per heavy atom. The topological polar surface area (TPSA) is 52.0 Å². The van der Waals surface area contributed by atoms with Gasteiger partial charge < -0.3 is 11.5 Å². The molecular weight excluding hydrogens is 314 g/mol. The van der Waals surface area contributed by atoms with Crippen LogP contribution in [0.2, 0.25) is 0 Å². The van der Waals surface area contributed by atoms with Crippen LogP contribution >= 0.6 is 21.6 Å². The van der Waals surface area contributed by atoms with Gasteiger partial charge in [0.2, 0.25) is 0 Å². The molecule has 1 radical (unpaired) electrons. The van der Waals surface area contributed by atoms with Crippen molar-refractivity contribution < 1.29 is 20.4 Å². The summed E-state index contributed by atoms with van der Waals surface area (Å²) in [5.41, 5.74) is 11.6. The molecule has 0 aliphatic carbocycles. The van der Waals surface area contributed by atoms with Crippen LogP contribution in [-0.2, 0) is 20.4 Å². The average Bonchev–Trinajstić information content (AvgIpc) is 1.91. The molecule has 1 aliphatic rings. The van der Waals surface area contributed by atoms with Gasteiger partial charge in [0.25, 0.3) is 0 Å². The summed E-state index contributed by atoms with van der Waals surface area (Å²) in [5.74, 6) is 0. The summed E-state index contributed by atoms with van der Waals surface area (Å²) >= 11 is 0. The summed E-state index contributed by atoms with van der Waals surface area (Å²) in [6.07, 6.45) is 0. The average molecular weight is 320 g/mol. The molecule has 0 aromatic heterocycles. The minimum absolute atomic E-state index is 0. The Morgan fingerprint density at radius 3 is 2.38 bits per heavy atom. The molecule has 4 N–H and O–H groups in total. The van der Waals surface area contributed by atoms with Crippen LogP contribution in [0.3, 0.4) is 0 Å². The summed E-state index contributed by atoms with van der Waals surface area (Å²) in [5, 5.41) is 1.90. The molecule has 1 heterocycles. The fraction of sp³-hybridized carbons (Fsp3) is 0.333. The van der Waals surface area contributed by atoms with Crippen LogP contribution in [0, 0.1) is 0 Å². The van der Waals surface area contributed by atoms with E-state index < -0.39 is 0 Å². The number of nitrogens with two attached hydrogens (primary N) is 2. The molecule has 0 amide bonds. The second kappa shape index (κ2) is 3.81. The largest absolute Gasteiger partial charge is 0.400 e. The van der Waals surface area contributed by atoms with Crippen molar-refractivity contribution in [3.8, 4) is 0 Å². The van der Waals surface area contributed by atoms with Gasteiger partial charge in [-0.25, -0.2) is 0 Å². The van der Waals surface area contributed by atoms with Crippen molar-refractivity contribution in [1.29, 1.82) is 0 Å². The first-order chi connectivity index (χ1) is 3.30. The standard InChI is InChI=1S/C3H6N2S2.Re/c4-2-1-6-7-3(2)5;/h1,3H,4-5H2;. The van der Waals surface area contributed by atoms with Crippen LogP contribution in [0.5, 0.6) is 0 Å². The zero-order chi connectivity index (χ0) is 5.28. The van der Waals surface area contributed by atoms with E-state index in [9.17, 15) is 0 Å². The van der Waals surface area contributed by atoms with Gasteiger partial charge in [0.1, 0.15) is 5.37 Å². The van der Waals surface area contributed by atoms with E-state index in [2.05, 4.69) is 0 Å². The monoisotopic (exact) mass is 321 g/mol. The normalized spacial score (nSPS) is 26.6. The Kier molecular flexibility index (Phi) is 4.22. The van der Waals surface area contributed by atoms with E-state index in [0.717, 1.165) is 5.70 Å². The molecule has 1 atom stereocenters. The first kappa shape index (κ1) is 8.86. The van der Waals surface area contributed by atoms with Crippen molar-refractivity contribution in [2.45, 2.75) is 5.37 Å². The Bertz CT molecular complexity index is 105. The summed E-state index contributed by atoms with van der Waals surface area (Å²) < 4.78 is 0. The van der Waals surface area contributed by atoms with Crippen LogP contribution < -0.4 is 11.5 Å². The minimum Gasteiger partial charge on any atom is -0.400 e. The molecule has 1 aliphatic heterocycles. The van der Waals surface area contributed by atoms with Crippen LogP contribution in [0.15, 0.2) is 11.1 Å². The molecule has 2 nitrogen and oxygen atoms in total. The van der Waals surface area contributed by atoms with Gasteiger partial charge in [-0.1, -0.05) is 21.6 Å². The first-order valence-electron chi connectivity index (χ1n) is 1.84. The van der Waals surface area contributed by atoms with Crippen molar-refractivity contribution in [1.82, 2.24) is 0 Å². The minimum atomic E-state index is 0. The molecule has 1 unspecified atom stereocenters. The van der Waals surface area contributed by atoms with Crippen molar-refractivity contribution in [2.24, 2.45) is 11.5 Å². The predicted octanol–water partition coefficient (Wildman–Crippen LogP) is 0.464. The van der Waals surface area contributed by atoms with Crippen molar-refractivity contribution in [2.75, 3.05) is 0 Å². The molecule has 0 aromatic carbocycles. The van der Waals surface area contributed by atoms with Crippen LogP contribution in [0.4, 0.5) is 0 Å². The second-order valence-electron chi connectivity index (χ2n) is 1.23. The Morgan fingerprint density at radius 1 is 1.62 bits per heavy atom. The molecule has 0 spiro atoms. The smallest absolute Gasteiger partial charge is 0.102 e. The predicted molar refractivity (Wildman–Crippen MR) is 35.4 cm³/mol.